The Morgan fingerprint density at radius 1 is 1.42 bits per heavy atom. The Morgan fingerprint density at radius 3 is 2.96 bits per heavy atom. The van der Waals surface area contributed by atoms with Gasteiger partial charge in [-0.15, -0.1) is 0 Å². The van der Waals surface area contributed by atoms with E-state index in [2.05, 4.69) is 15.3 Å². The monoisotopic (exact) mass is 341 g/mol. The summed E-state index contributed by atoms with van der Waals surface area (Å²) < 4.78 is 0. The van der Waals surface area contributed by atoms with Crippen LogP contribution in [0.25, 0.3) is 21.7 Å². The first kappa shape index (κ1) is 15.6. The number of nitrogens with zero attached hydrogens (tertiary/aromatic N) is 3. The average Bonchev–Trinajstić information content (AvgIpc) is 3.20. The maximum Gasteiger partial charge on any atom is 0.324 e. The van der Waals surface area contributed by atoms with Crippen LogP contribution in [0.1, 0.15) is 16.8 Å². The second kappa shape index (κ2) is 6.47. The summed E-state index contributed by atoms with van der Waals surface area (Å²) >= 11 is 1.03. The number of imidazole rings is 1. The van der Waals surface area contributed by atoms with Gasteiger partial charge in [0.05, 0.1) is 33.3 Å². The van der Waals surface area contributed by atoms with Crippen LogP contribution < -0.4 is 5.32 Å². The summed E-state index contributed by atoms with van der Waals surface area (Å²) in [6.07, 6.45) is 0.249. The van der Waals surface area contributed by atoms with Crippen molar-refractivity contribution >= 4 is 33.3 Å². The van der Waals surface area contributed by atoms with Crippen molar-refractivity contribution in [3.8, 4) is 16.8 Å². The van der Waals surface area contributed by atoms with E-state index in [1.54, 1.807) is 24.3 Å². The fraction of sp³-hybridized carbons (Fsp3) is 0.133. The van der Waals surface area contributed by atoms with E-state index < -0.39 is 4.92 Å². The van der Waals surface area contributed by atoms with Gasteiger partial charge in [0.15, 0.2) is 0 Å². The van der Waals surface area contributed by atoms with Crippen molar-refractivity contribution in [2.24, 2.45) is 0 Å². The van der Waals surface area contributed by atoms with Crippen LogP contribution >= 0.6 is 11.3 Å². The molecule has 0 aliphatic rings. The summed E-state index contributed by atoms with van der Waals surface area (Å²) in [7, 11) is 0. The number of aromatic amines is 1. The molecule has 3 aromatic rings. The third-order valence-corrected chi connectivity index (χ3v) is 4.32. The Labute approximate surface area is 139 Å². The van der Waals surface area contributed by atoms with Crippen LogP contribution in [0.5, 0.6) is 0 Å². The molecule has 8 nitrogen and oxygen atoms in total. The van der Waals surface area contributed by atoms with Gasteiger partial charge in [0.2, 0.25) is 0 Å². The van der Waals surface area contributed by atoms with E-state index >= 15 is 0 Å². The second-order valence-electron chi connectivity index (χ2n) is 4.88. The van der Waals surface area contributed by atoms with Gasteiger partial charge in [-0.1, -0.05) is 11.3 Å². The highest BCUT2D eigenvalue weighted by molar-refractivity contribution is 7.18. The smallest absolute Gasteiger partial charge is 0.324 e. The lowest BCUT2D eigenvalue weighted by Gasteiger charge is -2.02. The lowest BCUT2D eigenvalue weighted by Crippen LogP contribution is -2.24. The maximum atomic E-state index is 12.0. The molecular weight excluding hydrogens is 330 g/mol. The molecule has 0 fully saturated rings. The van der Waals surface area contributed by atoms with Gasteiger partial charge in [-0.25, -0.2) is 4.98 Å². The molecule has 0 saturated carbocycles. The first-order valence-corrected chi connectivity index (χ1v) is 7.79. The summed E-state index contributed by atoms with van der Waals surface area (Å²) in [6, 6.07) is 10.0. The van der Waals surface area contributed by atoms with Crippen LogP contribution in [-0.2, 0) is 0 Å². The molecule has 1 aromatic carbocycles. The van der Waals surface area contributed by atoms with Crippen LogP contribution in [0.2, 0.25) is 0 Å². The van der Waals surface area contributed by atoms with Gasteiger partial charge >= 0.3 is 5.00 Å². The number of nitro groups is 1. The van der Waals surface area contributed by atoms with Crippen molar-refractivity contribution in [2.45, 2.75) is 6.42 Å². The summed E-state index contributed by atoms with van der Waals surface area (Å²) in [6.45, 7) is 0.292. The zero-order valence-corrected chi connectivity index (χ0v) is 13.1. The molecule has 0 atom stereocenters. The molecular formula is C15H11N5O3S. The van der Waals surface area contributed by atoms with Gasteiger partial charge in [-0.2, -0.15) is 5.26 Å². The number of hydrogen-bond acceptors (Lipinski definition) is 6. The lowest BCUT2D eigenvalue weighted by atomic mass is 10.2. The van der Waals surface area contributed by atoms with E-state index in [0.717, 1.165) is 11.3 Å². The van der Waals surface area contributed by atoms with Crippen LogP contribution in [0.4, 0.5) is 5.00 Å². The minimum Gasteiger partial charge on any atom is -0.351 e. The first-order chi connectivity index (χ1) is 11.6. The number of nitrogens with one attached hydrogen (secondary N) is 2. The number of H-pyrrole nitrogens is 1. The maximum absolute atomic E-state index is 12.0. The number of hydrogen-bond donors (Lipinski definition) is 2. The fourth-order valence-electron chi connectivity index (χ4n) is 2.15. The van der Waals surface area contributed by atoms with Gasteiger partial charge in [0.25, 0.3) is 5.91 Å². The molecule has 0 spiro atoms. The number of fused-ring (bicyclic) bond motifs is 1. The molecule has 0 saturated heterocycles. The number of thiophene rings is 1. The molecule has 9 heteroatoms. The number of rotatable bonds is 5. The molecule has 3 rings (SSSR count). The van der Waals surface area contributed by atoms with E-state index in [0.29, 0.717) is 33.8 Å². The van der Waals surface area contributed by atoms with Gasteiger partial charge in [0.1, 0.15) is 5.82 Å². The Bertz CT molecular complexity index is 969. The van der Waals surface area contributed by atoms with Crippen LogP contribution in [0, 0.1) is 21.4 Å². The normalized spacial score (nSPS) is 10.5. The molecule has 2 aromatic heterocycles. The van der Waals surface area contributed by atoms with Gasteiger partial charge in [0, 0.05) is 18.2 Å². The Kier molecular flexibility index (Phi) is 4.22. The van der Waals surface area contributed by atoms with Crippen LogP contribution in [0.15, 0.2) is 30.3 Å². The molecule has 0 radical (unpaired) electrons. The number of benzene rings is 1. The third-order valence-electron chi connectivity index (χ3n) is 3.27. The highest BCUT2D eigenvalue weighted by atomic mass is 32.1. The molecule has 0 unspecified atom stereocenters. The number of nitriles is 1. The number of aromatic nitrogens is 2. The fourth-order valence-corrected chi connectivity index (χ4v) is 2.92. The van der Waals surface area contributed by atoms with Crippen LogP contribution in [-0.4, -0.2) is 27.3 Å². The van der Waals surface area contributed by atoms with Gasteiger partial charge in [-0.3, -0.25) is 14.9 Å². The molecule has 0 bridgehead atoms. The first-order valence-electron chi connectivity index (χ1n) is 6.98. The number of carbonyl (C=O) groups is 1. The molecule has 1 amide bonds. The molecule has 0 aliphatic carbocycles. The topological polar surface area (TPSA) is 125 Å². The van der Waals surface area contributed by atoms with E-state index in [1.165, 1.54) is 6.07 Å². The van der Waals surface area contributed by atoms with Crippen molar-refractivity contribution in [1.82, 2.24) is 15.3 Å². The summed E-state index contributed by atoms with van der Waals surface area (Å²) in [5.74, 6) is 0.250. The average molecular weight is 341 g/mol. The third kappa shape index (κ3) is 3.09. The van der Waals surface area contributed by atoms with Crippen molar-refractivity contribution in [1.29, 1.82) is 5.26 Å². The van der Waals surface area contributed by atoms with E-state index in [-0.39, 0.29) is 17.3 Å². The second-order valence-corrected chi connectivity index (χ2v) is 5.94. The standard InChI is InChI=1S/C15H11N5O3S/c16-6-1-7-17-15(21)9-2-3-10-11(8-9)19-14(18-10)12-4-5-13(24-12)20(22)23/h2-5,8H,1,7H2,(H,17,21)(H,18,19). The molecule has 0 aliphatic heterocycles. The summed E-state index contributed by atoms with van der Waals surface area (Å²) in [5.41, 5.74) is 1.77. The van der Waals surface area contributed by atoms with Crippen molar-refractivity contribution < 1.29 is 9.72 Å². The minimum absolute atomic E-state index is 0.0445. The van der Waals surface area contributed by atoms with E-state index in [9.17, 15) is 14.9 Å². The zero-order valence-electron chi connectivity index (χ0n) is 12.3. The Morgan fingerprint density at radius 2 is 2.25 bits per heavy atom. The highest BCUT2D eigenvalue weighted by Gasteiger charge is 2.14. The van der Waals surface area contributed by atoms with Crippen molar-refractivity contribution in [2.75, 3.05) is 6.54 Å². The number of amides is 1. The predicted octanol–water partition coefficient (Wildman–Crippen LogP) is 2.84. The summed E-state index contributed by atoms with van der Waals surface area (Å²) in [4.78, 5) is 30.4. The van der Waals surface area contributed by atoms with Gasteiger partial charge < -0.3 is 10.3 Å². The quantitative estimate of drug-likeness (QED) is 0.419. The van der Waals surface area contributed by atoms with Gasteiger partial charge in [-0.05, 0) is 24.3 Å². The lowest BCUT2D eigenvalue weighted by molar-refractivity contribution is -0.380. The highest BCUT2D eigenvalue weighted by Crippen LogP contribution is 2.32. The van der Waals surface area contributed by atoms with Crippen LogP contribution in [0.3, 0.4) is 0 Å². The van der Waals surface area contributed by atoms with Crippen molar-refractivity contribution in [3.63, 3.8) is 0 Å². The Balaban J connectivity index is 1.87. The molecule has 2 heterocycles. The van der Waals surface area contributed by atoms with E-state index in [4.69, 9.17) is 5.26 Å². The Hall–Kier alpha value is -3.25. The van der Waals surface area contributed by atoms with E-state index in [1.807, 2.05) is 6.07 Å². The minimum atomic E-state index is -0.444. The molecule has 120 valence electrons. The SMILES string of the molecule is N#CCCNC(=O)c1ccc2nc(-c3ccc([N+](=O)[O-])s3)[nH]c2c1. The number of carbonyl (C=O) groups excluding carboxylic acids is 1. The molecule has 2 N–H and O–H groups in total. The largest absolute Gasteiger partial charge is 0.351 e. The molecule has 24 heavy (non-hydrogen) atoms. The zero-order chi connectivity index (χ0) is 17.1. The predicted molar refractivity (Wildman–Crippen MR) is 88.6 cm³/mol. The van der Waals surface area contributed by atoms with Crippen molar-refractivity contribution in [3.05, 3.63) is 46.0 Å². The summed E-state index contributed by atoms with van der Waals surface area (Å²) in [5, 5.41) is 21.9.